The molecule has 3 unspecified atom stereocenters. The summed E-state index contributed by atoms with van der Waals surface area (Å²) in [7, 11) is 0. The molecule has 0 radical (unpaired) electrons. The SMILES string of the molecule is CSCCC(NC(=O)C(CCCN=C(N)N)NC(=O)C(N)CCC(=O)O)C(=O)O. The predicted octanol–water partition coefficient (Wildman–Crippen LogP) is -1.96. The Kier molecular flexibility index (Phi) is 13.2. The van der Waals surface area contributed by atoms with Crippen LogP contribution in [0.2, 0.25) is 0 Å². The molecule has 10 N–H and O–H groups in total. The molecule has 166 valence electrons. The van der Waals surface area contributed by atoms with Crippen LogP contribution in [-0.4, -0.2) is 76.6 Å². The largest absolute Gasteiger partial charge is 0.481 e. The number of amides is 2. The van der Waals surface area contributed by atoms with Gasteiger partial charge < -0.3 is 38.0 Å². The third kappa shape index (κ3) is 12.5. The number of nitrogens with two attached hydrogens (primary N) is 3. The lowest BCUT2D eigenvalue weighted by Gasteiger charge is -2.22. The van der Waals surface area contributed by atoms with E-state index in [1.54, 1.807) is 0 Å². The number of rotatable bonds is 15. The van der Waals surface area contributed by atoms with Crippen LogP contribution in [-0.2, 0) is 19.2 Å². The van der Waals surface area contributed by atoms with Crippen molar-refractivity contribution in [2.75, 3.05) is 18.6 Å². The number of thioether (sulfide) groups is 1. The topological polar surface area (TPSA) is 223 Å². The van der Waals surface area contributed by atoms with Crippen LogP contribution in [0.15, 0.2) is 4.99 Å². The van der Waals surface area contributed by atoms with Gasteiger partial charge in [-0.25, -0.2) is 4.79 Å². The van der Waals surface area contributed by atoms with Crippen LogP contribution >= 0.6 is 11.8 Å². The highest BCUT2D eigenvalue weighted by molar-refractivity contribution is 7.98. The molecule has 0 aliphatic carbocycles. The molecule has 0 rings (SSSR count). The van der Waals surface area contributed by atoms with Crippen molar-refractivity contribution in [2.45, 2.75) is 50.2 Å². The van der Waals surface area contributed by atoms with Gasteiger partial charge in [0.25, 0.3) is 0 Å². The quantitative estimate of drug-likeness (QED) is 0.0855. The number of guanidine groups is 1. The van der Waals surface area contributed by atoms with Crippen molar-refractivity contribution in [3.63, 3.8) is 0 Å². The summed E-state index contributed by atoms with van der Waals surface area (Å²) in [4.78, 5) is 50.5. The van der Waals surface area contributed by atoms with Crippen molar-refractivity contribution in [1.29, 1.82) is 0 Å². The summed E-state index contributed by atoms with van der Waals surface area (Å²) in [5.74, 6) is -3.26. The Morgan fingerprint density at radius 2 is 1.62 bits per heavy atom. The lowest BCUT2D eigenvalue weighted by atomic mass is 10.1. The van der Waals surface area contributed by atoms with Gasteiger partial charge in [0.1, 0.15) is 12.1 Å². The van der Waals surface area contributed by atoms with E-state index in [0.717, 1.165) is 0 Å². The molecule has 2 amide bonds. The molecule has 0 aromatic heterocycles. The van der Waals surface area contributed by atoms with Gasteiger partial charge in [0.15, 0.2) is 5.96 Å². The van der Waals surface area contributed by atoms with Crippen LogP contribution in [0.1, 0.15) is 32.1 Å². The lowest BCUT2D eigenvalue weighted by molar-refractivity contribution is -0.142. The molecular formula is C16H30N6O6S. The van der Waals surface area contributed by atoms with Crippen molar-refractivity contribution < 1.29 is 29.4 Å². The molecule has 0 fully saturated rings. The van der Waals surface area contributed by atoms with E-state index < -0.39 is 41.9 Å². The molecule has 0 heterocycles. The van der Waals surface area contributed by atoms with Gasteiger partial charge in [0.2, 0.25) is 11.8 Å². The van der Waals surface area contributed by atoms with Gasteiger partial charge in [0, 0.05) is 13.0 Å². The zero-order valence-electron chi connectivity index (χ0n) is 16.3. The number of carboxylic acid groups (broad SMARTS) is 2. The maximum Gasteiger partial charge on any atom is 0.326 e. The number of carbonyl (C=O) groups excluding carboxylic acids is 2. The summed E-state index contributed by atoms with van der Waals surface area (Å²) in [6.07, 6.45) is 2.10. The minimum atomic E-state index is -1.18. The summed E-state index contributed by atoms with van der Waals surface area (Å²) < 4.78 is 0. The summed E-state index contributed by atoms with van der Waals surface area (Å²) >= 11 is 1.44. The van der Waals surface area contributed by atoms with Crippen molar-refractivity contribution in [1.82, 2.24) is 10.6 Å². The van der Waals surface area contributed by atoms with Crippen molar-refractivity contribution in [3.8, 4) is 0 Å². The fraction of sp³-hybridized carbons (Fsp3) is 0.688. The highest BCUT2D eigenvalue weighted by Crippen LogP contribution is 2.05. The number of carbonyl (C=O) groups is 4. The van der Waals surface area contributed by atoms with Gasteiger partial charge in [-0.2, -0.15) is 11.8 Å². The van der Waals surface area contributed by atoms with E-state index >= 15 is 0 Å². The highest BCUT2D eigenvalue weighted by atomic mass is 32.2. The van der Waals surface area contributed by atoms with Gasteiger partial charge in [-0.05, 0) is 37.7 Å². The van der Waals surface area contributed by atoms with E-state index in [2.05, 4.69) is 15.6 Å². The van der Waals surface area contributed by atoms with Gasteiger partial charge in [-0.15, -0.1) is 0 Å². The van der Waals surface area contributed by atoms with Crippen LogP contribution in [0.25, 0.3) is 0 Å². The lowest BCUT2D eigenvalue weighted by Crippen LogP contribution is -2.54. The Hall–Kier alpha value is -2.54. The van der Waals surface area contributed by atoms with Gasteiger partial charge in [-0.1, -0.05) is 0 Å². The summed E-state index contributed by atoms with van der Waals surface area (Å²) in [6.45, 7) is 0.210. The first-order valence-electron chi connectivity index (χ1n) is 8.93. The molecule has 0 saturated carbocycles. The molecule has 0 aliphatic rings. The Labute approximate surface area is 173 Å². The molecule has 0 aromatic carbocycles. The number of hydrogen-bond acceptors (Lipinski definition) is 7. The molecule has 3 atom stereocenters. The number of nitrogens with zero attached hydrogens (tertiary/aromatic N) is 1. The van der Waals surface area contributed by atoms with Crippen molar-refractivity contribution >= 4 is 41.5 Å². The standard InChI is InChI=1S/C16H30N6O6S/c1-29-8-6-11(15(27)28)22-14(26)10(3-2-7-20-16(18)19)21-13(25)9(17)4-5-12(23)24/h9-11H,2-8,17H2,1H3,(H,21,25)(H,22,26)(H,23,24)(H,27,28)(H4,18,19,20). The molecule has 0 saturated heterocycles. The van der Waals surface area contributed by atoms with E-state index in [1.165, 1.54) is 11.8 Å². The van der Waals surface area contributed by atoms with Crippen LogP contribution in [0, 0.1) is 0 Å². The zero-order chi connectivity index (χ0) is 22.4. The number of aliphatic carboxylic acids is 2. The summed E-state index contributed by atoms with van der Waals surface area (Å²) in [6, 6.07) is -3.29. The second kappa shape index (κ2) is 14.5. The van der Waals surface area contributed by atoms with Gasteiger partial charge in [0.05, 0.1) is 6.04 Å². The van der Waals surface area contributed by atoms with E-state index in [4.69, 9.17) is 22.3 Å². The molecule has 0 aromatic rings. The first kappa shape index (κ1) is 26.5. The number of nitrogens with one attached hydrogen (secondary N) is 2. The molecule has 0 spiro atoms. The molecule has 12 nitrogen and oxygen atoms in total. The van der Waals surface area contributed by atoms with Crippen LogP contribution in [0.3, 0.4) is 0 Å². The Morgan fingerprint density at radius 3 is 2.14 bits per heavy atom. The smallest absolute Gasteiger partial charge is 0.326 e. The summed E-state index contributed by atoms with van der Waals surface area (Å²) in [5.41, 5.74) is 16.1. The third-order valence-electron chi connectivity index (χ3n) is 3.81. The van der Waals surface area contributed by atoms with Crippen LogP contribution < -0.4 is 27.8 Å². The number of aliphatic imine (C=N–C) groups is 1. The van der Waals surface area contributed by atoms with E-state index in [9.17, 15) is 24.3 Å². The minimum absolute atomic E-state index is 0.102. The van der Waals surface area contributed by atoms with Gasteiger partial charge >= 0.3 is 11.9 Å². The Morgan fingerprint density at radius 1 is 1.00 bits per heavy atom. The van der Waals surface area contributed by atoms with Crippen molar-refractivity contribution in [2.24, 2.45) is 22.2 Å². The number of carboxylic acids is 2. The maximum absolute atomic E-state index is 12.6. The Bertz CT molecular complexity index is 598. The first-order valence-corrected chi connectivity index (χ1v) is 10.3. The molecule has 0 aliphatic heterocycles. The van der Waals surface area contributed by atoms with Gasteiger partial charge in [-0.3, -0.25) is 19.4 Å². The average molecular weight is 435 g/mol. The average Bonchev–Trinajstić information content (AvgIpc) is 2.64. The molecule has 29 heavy (non-hydrogen) atoms. The fourth-order valence-corrected chi connectivity index (χ4v) is 2.70. The van der Waals surface area contributed by atoms with E-state index in [1.807, 2.05) is 6.26 Å². The molecule has 13 heteroatoms. The maximum atomic E-state index is 12.6. The highest BCUT2D eigenvalue weighted by Gasteiger charge is 2.27. The minimum Gasteiger partial charge on any atom is -0.481 e. The predicted molar refractivity (Wildman–Crippen MR) is 109 cm³/mol. The second-order valence-electron chi connectivity index (χ2n) is 6.23. The molecule has 0 bridgehead atoms. The third-order valence-corrected chi connectivity index (χ3v) is 4.45. The van der Waals surface area contributed by atoms with Crippen LogP contribution in [0.4, 0.5) is 0 Å². The van der Waals surface area contributed by atoms with Crippen LogP contribution in [0.5, 0.6) is 0 Å². The van der Waals surface area contributed by atoms with E-state index in [0.29, 0.717) is 12.2 Å². The fourth-order valence-electron chi connectivity index (χ4n) is 2.23. The normalized spacial score (nSPS) is 13.6. The summed E-state index contributed by atoms with van der Waals surface area (Å²) in [5, 5.41) is 22.8. The molecular weight excluding hydrogens is 404 g/mol. The Balaban J connectivity index is 5.06. The zero-order valence-corrected chi connectivity index (χ0v) is 17.1. The second-order valence-corrected chi connectivity index (χ2v) is 7.22. The monoisotopic (exact) mass is 434 g/mol. The number of hydrogen-bond donors (Lipinski definition) is 7. The van der Waals surface area contributed by atoms with E-state index in [-0.39, 0.29) is 38.2 Å². The van der Waals surface area contributed by atoms with Crippen molar-refractivity contribution in [3.05, 3.63) is 0 Å². The first-order chi connectivity index (χ1) is 13.6.